The van der Waals surface area contributed by atoms with Crippen LogP contribution in [0.1, 0.15) is 94.7 Å². The van der Waals surface area contributed by atoms with Gasteiger partial charge in [0.05, 0.1) is 0 Å². The molecule has 1 aromatic heterocycles. The summed E-state index contributed by atoms with van der Waals surface area (Å²) in [7, 11) is 2.10. The predicted molar refractivity (Wildman–Crippen MR) is 97.3 cm³/mol. The quantitative estimate of drug-likeness (QED) is 0.403. The second-order valence-corrected chi connectivity index (χ2v) is 7.07. The minimum atomic E-state index is 0.560. The number of thiophene rings is 1. The molecule has 0 bridgehead atoms. The van der Waals surface area contributed by atoms with E-state index in [9.17, 15) is 0 Å². The van der Waals surface area contributed by atoms with Crippen molar-refractivity contribution in [1.82, 2.24) is 5.32 Å². The summed E-state index contributed by atoms with van der Waals surface area (Å²) < 4.78 is 0. The molecule has 1 N–H and O–H groups in total. The van der Waals surface area contributed by atoms with Gasteiger partial charge in [-0.15, -0.1) is 0 Å². The molecule has 0 saturated carbocycles. The Morgan fingerprint density at radius 3 is 1.95 bits per heavy atom. The monoisotopic (exact) mass is 309 g/mol. The minimum Gasteiger partial charge on any atom is -0.313 e. The molecule has 1 atom stereocenters. The second kappa shape index (κ2) is 12.2. The van der Waals surface area contributed by atoms with E-state index in [0.29, 0.717) is 6.04 Å². The lowest BCUT2D eigenvalue weighted by Gasteiger charge is -2.16. The van der Waals surface area contributed by atoms with Gasteiger partial charge >= 0.3 is 0 Å². The van der Waals surface area contributed by atoms with Gasteiger partial charge in [0.25, 0.3) is 0 Å². The topological polar surface area (TPSA) is 12.0 Å². The Morgan fingerprint density at radius 2 is 1.48 bits per heavy atom. The Hall–Kier alpha value is -0.340. The maximum absolute atomic E-state index is 3.48. The normalized spacial score (nSPS) is 12.7. The van der Waals surface area contributed by atoms with Crippen molar-refractivity contribution >= 4 is 11.3 Å². The van der Waals surface area contributed by atoms with Crippen LogP contribution >= 0.6 is 11.3 Å². The summed E-state index contributed by atoms with van der Waals surface area (Å²) in [6.07, 6.45) is 15.5. The van der Waals surface area contributed by atoms with E-state index in [4.69, 9.17) is 0 Å². The Morgan fingerprint density at radius 1 is 0.905 bits per heavy atom. The molecule has 2 heteroatoms. The summed E-state index contributed by atoms with van der Waals surface area (Å²) in [6, 6.07) is 0.560. The Labute approximate surface area is 136 Å². The van der Waals surface area contributed by atoms with Gasteiger partial charge in [-0.05, 0) is 42.3 Å². The Bertz CT molecular complexity index is 345. The molecule has 21 heavy (non-hydrogen) atoms. The van der Waals surface area contributed by atoms with Crippen LogP contribution in [-0.4, -0.2) is 7.05 Å². The van der Waals surface area contributed by atoms with Crippen molar-refractivity contribution in [2.45, 2.75) is 90.5 Å². The zero-order valence-corrected chi connectivity index (χ0v) is 15.2. The third-order valence-corrected chi connectivity index (χ3v) is 5.35. The van der Waals surface area contributed by atoms with E-state index in [1.54, 1.807) is 0 Å². The van der Waals surface area contributed by atoms with Gasteiger partial charge in [-0.2, -0.15) is 11.3 Å². The van der Waals surface area contributed by atoms with Crippen LogP contribution in [0.5, 0.6) is 0 Å². The van der Waals surface area contributed by atoms with Gasteiger partial charge in [-0.1, -0.05) is 71.1 Å². The number of hydrogen-bond acceptors (Lipinski definition) is 2. The molecule has 1 aromatic rings. The SMILES string of the molecule is CCCCCCCCCCCCC(NC)c1cscc1C. The fourth-order valence-corrected chi connectivity index (χ4v) is 3.92. The fourth-order valence-electron chi connectivity index (χ4n) is 3.02. The molecule has 0 amide bonds. The molecular formula is C19H35NS. The summed E-state index contributed by atoms with van der Waals surface area (Å²) in [6.45, 7) is 4.52. The lowest BCUT2D eigenvalue weighted by Crippen LogP contribution is -2.16. The van der Waals surface area contributed by atoms with Crippen LogP contribution in [0.2, 0.25) is 0 Å². The first kappa shape index (κ1) is 18.7. The molecule has 0 aliphatic carbocycles. The van der Waals surface area contributed by atoms with Crippen molar-refractivity contribution in [1.29, 1.82) is 0 Å². The fraction of sp³-hybridized carbons (Fsp3) is 0.789. The molecule has 1 heterocycles. The summed E-state index contributed by atoms with van der Waals surface area (Å²) in [5, 5.41) is 8.06. The van der Waals surface area contributed by atoms with Crippen molar-refractivity contribution in [2.24, 2.45) is 0 Å². The molecule has 0 aliphatic rings. The van der Waals surface area contributed by atoms with Gasteiger partial charge in [0, 0.05) is 6.04 Å². The molecule has 0 radical (unpaired) electrons. The number of unbranched alkanes of at least 4 members (excludes halogenated alkanes) is 9. The third kappa shape index (κ3) is 8.01. The van der Waals surface area contributed by atoms with Gasteiger partial charge < -0.3 is 5.32 Å². The van der Waals surface area contributed by atoms with E-state index < -0.39 is 0 Å². The van der Waals surface area contributed by atoms with E-state index in [2.05, 4.69) is 37.0 Å². The first-order valence-electron chi connectivity index (χ1n) is 8.99. The number of rotatable bonds is 13. The van der Waals surface area contributed by atoms with Crippen LogP contribution in [0.25, 0.3) is 0 Å². The minimum absolute atomic E-state index is 0.560. The molecule has 0 saturated heterocycles. The number of nitrogens with one attached hydrogen (secondary N) is 1. The first-order chi connectivity index (χ1) is 10.3. The molecule has 122 valence electrons. The van der Waals surface area contributed by atoms with Crippen molar-refractivity contribution < 1.29 is 0 Å². The summed E-state index contributed by atoms with van der Waals surface area (Å²) in [5.74, 6) is 0. The summed E-state index contributed by atoms with van der Waals surface area (Å²) in [5.41, 5.74) is 2.96. The summed E-state index contributed by atoms with van der Waals surface area (Å²) in [4.78, 5) is 0. The lowest BCUT2D eigenvalue weighted by molar-refractivity contribution is 0.492. The van der Waals surface area contributed by atoms with Crippen molar-refractivity contribution in [2.75, 3.05) is 7.05 Å². The van der Waals surface area contributed by atoms with Crippen LogP contribution in [0.3, 0.4) is 0 Å². The van der Waals surface area contributed by atoms with Crippen LogP contribution in [0.4, 0.5) is 0 Å². The number of hydrogen-bond donors (Lipinski definition) is 1. The van der Waals surface area contributed by atoms with Gasteiger partial charge in [0.2, 0.25) is 0 Å². The Balaban J connectivity index is 1.99. The van der Waals surface area contributed by atoms with Crippen LogP contribution in [-0.2, 0) is 0 Å². The van der Waals surface area contributed by atoms with E-state index >= 15 is 0 Å². The smallest absolute Gasteiger partial charge is 0.0328 e. The molecule has 0 fully saturated rings. The molecule has 0 spiro atoms. The molecule has 1 rings (SSSR count). The molecule has 0 aliphatic heterocycles. The largest absolute Gasteiger partial charge is 0.313 e. The maximum Gasteiger partial charge on any atom is 0.0328 e. The van der Waals surface area contributed by atoms with Crippen LogP contribution < -0.4 is 5.32 Å². The van der Waals surface area contributed by atoms with E-state index in [-0.39, 0.29) is 0 Å². The van der Waals surface area contributed by atoms with Crippen molar-refractivity contribution in [3.05, 3.63) is 21.9 Å². The summed E-state index contributed by atoms with van der Waals surface area (Å²) >= 11 is 1.83. The van der Waals surface area contributed by atoms with Gasteiger partial charge in [0.15, 0.2) is 0 Å². The molecule has 1 nitrogen and oxygen atoms in total. The lowest BCUT2D eigenvalue weighted by atomic mass is 9.99. The highest BCUT2D eigenvalue weighted by atomic mass is 32.1. The molecular weight excluding hydrogens is 274 g/mol. The highest BCUT2D eigenvalue weighted by molar-refractivity contribution is 7.08. The average Bonchev–Trinajstić information content (AvgIpc) is 2.91. The number of aryl methyl sites for hydroxylation is 1. The third-order valence-electron chi connectivity index (χ3n) is 4.47. The molecule has 1 unspecified atom stereocenters. The van der Waals surface area contributed by atoms with E-state index in [0.717, 1.165) is 0 Å². The van der Waals surface area contributed by atoms with Crippen molar-refractivity contribution in [3.63, 3.8) is 0 Å². The Kier molecular flexibility index (Phi) is 10.9. The van der Waals surface area contributed by atoms with E-state index in [1.807, 2.05) is 11.3 Å². The second-order valence-electron chi connectivity index (χ2n) is 6.32. The van der Waals surface area contributed by atoms with Crippen LogP contribution in [0.15, 0.2) is 10.8 Å². The zero-order chi connectivity index (χ0) is 15.3. The standard InChI is InChI=1S/C19H35NS/c1-4-5-6-7-8-9-10-11-12-13-14-19(20-3)18-16-21-15-17(18)2/h15-16,19-20H,4-14H2,1-3H3. The van der Waals surface area contributed by atoms with E-state index in [1.165, 1.54) is 81.8 Å². The molecule has 0 aromatic carbocycles. The first-order valence-corrected chi connectivity index (χ1v) is 9.93. The average molecular weight is 310 g/mol. The zero-order valence-electron chi connectivity index (χ0n) is 14.4. The predicted octanol–water partition coefficient (Wildman–Crippen LogP) is 6.63. The highest BCUT2D eigenvalue weighted by Gasteiger charge is 2.11. The van der Waals surface area contributed by atoms with Gasteiger partial charge in [-0.3, -0.25) is 0 Å². The van der Waals surface area contributed by atoms with Crippen LogP contribution in [0, 0.1) is 6.92 Å². The highest BCUT2D eigenvalue weighted by Crippen LogP contribution is 2.26. The van der Waals surface area contributed by atoms with Gasteiger partial charge in [-0.25, -0.2) is 0 Å². The van der Waals surface area contributed by atoms with Gasteiger partial charge in [0.1, 0.15) is 0 Å². The van der Waals surface area contributed by atoms with Crippen molar-refractivity contribution in [3.8, 4) is 0 Å². The maximum atomic E-state index is 3.48.